The lowest BCUT2D eigenvalue weighted by atomic mass is 10.2. The average molecular weight is 429 g/mol. The molecule has 0 aliphatic heterocycles. The van der Waals surface area contributed by atoms with E-state index in [1.807, 2.05) is 0 Å². The van der Waals surface area contributed by atoms with Crippen molar-refractivity contribution in [3.8, 4) is 0 Å². The molecule has 0 saturated carbocycles. The van der Waals surface area contributed by atoms with Crippen molar-refractivity contribution < 1.29 is 30.4 Å². The SMILES string of the molecule is O=S(=O)(Nc1cnn(CC(F)F)c1C(F)(F)F)c1c[nH]c2cc(Cl)ccc12. The molecule has 27 heavy (non-hydrogen) atoms. The summed E-state index contributed by atoms with van der Waals surface area (Å²) in [7, 11) is -4.47. The van der Waals surface area contributed by atoms with Crippen molar-refractivity contribution in [2.75, 3.05) is 4.72 Å². The first kappa shape index (κ1) is 19.4. The van der Waals surface area contributed by atoms with Gasteiger partial charge in [0.05, 0.1) is 11.9 Å². The molecule has 0 radical (unpaired) electrons. The number of fused-ring (bicyclic) bond motifs is 1. The summed E-state index contributed by atoms with van der Waals surface area (Å²) in [5, 5.41) is 3.75. The summed E-state index contributed by atoms with van der Waals surface area (Å²) in [4.78, 5) is 2.32. The lowest BCUT2D eigenvalue weighted by molar-refractivity contribution is -0.144. The monoisotopic (exact) mass is 428 g/mol. The molecule has 6 nitrogen and oxygen atoms in total. The van der Waals surface area contributed by atoms with Crippen molar-refractivity contribution in [3.63, 3.8) is 0 Å². The Hall–Kier alpha value is -2.34. The summed E-state index contributed by atoms with van der Waals surface area (Å²) in [6.07, 6.45) is -6.58. The molecular formula is C14H10ClF5N4O2S. The van der Waals surface area contributed by atoms with Gasteiger partial charge >= 0.3 is 6.18 Å². The number of nitrogens with one attached hydrogen (secondary N) is 2. The quantitative estimate of drug-likeness (QED) is 0.600. The number of H-pyrrole nitrogens is 1. The normalized spacial score (nSPS) is 12.9. The second kappa shape index (κ2) is 6.68. The van der Waals surface area contributed by atoms with Gasteiger partial charge in [0.2, 0.25) is 0 Å². The summed E-state index contributed by atoms with van der Waals surface area (Å²) in [6.45, 7) is -1.33. The van der Waals surface area contributed by atoms with Crippen molar-refractivity contribution in [2.45, 2.75) is 24.0 Å². The number of halogens is 6. The topological polar surface area (TPSA) is 79.8 Å². The highest BCUT2D eigenvalue weighted by molar-refractivity contribution is 7.93. The fraction of sp³-hybridized carbons (Fsp3) is 0.214. The van der Waals surface area contributed by atoms with Crippen molar-refractivity contribution in [1.29, 1.82) is 0 Å². The molecule has 0 amide bonds. The number of rotatable bonds is 5. The number of alkyl halides is 5. The van der Waals surface area contributed by atoms with Gasteiger partial charge in [-0.2, -0.15) is 18.3 Å². The Kier molecular flexibility index (Phi) is 4.80. The largest absolute Gasteiger partial charge is 0.435 e. The third-order valence-electron chi connectivity index (χ3n) is 3.56. The summed E-state index contributed by atoms with van der Waals surface area (Å²) < 4.78 is 91.6. The Bertz CT molecular complexity index is 1090. The number of sulfonamides is 1. The van der Waals surface area contributed by atoms with Gasteiger partial charge < -0.3 is 4.98 Å². The molecule has 0 bridgehead atoms. The molecule has 2 heterocycles. The Labute approximate surface area is 154 Å². The van der Waals surface area contributed by atoms with E-state index in [1.165, 1.54) is 18.2 Å². The Morgan fingerprint density at radius 1 is 1.30 bits per heavy atom. The highest BCUT2D eigenvalue weighted by Gasteiger charge is 2.40. The first-order chi connectivity index (χ1) is 12.5. The molecule has 1 aromatic carbocycles. The number of hydrogen-bond donors (Lipinski definition) is 2. The minimum absolute atomic E-state index is 0.0114. The van der Waals surface area contributed by atoms with Gasteiger partial charge in [-0.3, -0.25) is 9.40 Å². The summed E-state index contributed by atoms with van der Waals surface area (Å²) in [6, 6.07) is 4.24. The predicted molar refractivity (Wildman–Crippen MR) is 87.4 cm³/mol. The van der Waals surface area contributed by atoms with Gasteiger partial charge in [-0.15, -0.1) is 0 Å². The Balaban J connectivity index is 2.04. The lowest BCUT2D eigenvalue weighted by Crippen LogP contribution is -2.21. The summed E-state index contributed by atoms with van der Waals surface area (Å²) >= 11 is 5.80. The average Bonchev–Trinajstić information content (AvgIpc) is 3.09. The molecule has 0 unspecified atom stereocenters. The maximum absolute atomic E-state index is 13.2. The van der Waals surface area contributed by atoms with Crippen LogP contribution in [0.5, 0.6) is 0 Å². The van der Waals surface area contributed by atoms with Gasteiger partial charge in [-0.05, 0) is 18.2 Å². The van der Waals surface area contributed by atoms with E-state index in [1.54, 1.807) is 4.72 Å². The maximum atomic E-state index is 13.2. The van der Waals surface area contributed by atoms with Crippen LogP contribution >= 0.6 is 11.6 Å². The van der Waals surface area contributed by atoms with Crippen LogP contribution in [0, 0.1) is 0 Å². The van der Waals surface area contributed by atoms with Crippen molar-refractivity contribution >= 4 is 38.2 Å². The van der Waals surface area contributed by atoms with E-state index in [-0.39, 0.29) is 15.0 Å². The van der Waals surface area contributed by atoms with E-state index in [0.717, 1.165) is 6.20 Å². The molecule has 13 heteroatoms. The first-order valence-corrected chi connectivity index (χ1v) is 9.06. The summed E-state index contributed by atoms with van der Waals surface area (Å²) in [5.41, 5.74) is -2.21. The van der Waals surface area contributed by atoms with Gasteiger partial charge in [0, 0.05) is 22.1 Å². The number of benzene rings is 1. The molecule has 2 aromatic heterocycles. The third-order valence-corrected chi connectivity index (χ3v) is 5.20. The zero-order valence-corrected chi connectivity index (χ0v) is 14.6. The van der Waals surface area contributed by atoms with Crippen molar-refractivity contribution in [2.24, 2.45) is 0 Å². The second-order valence-corrected chi connectivity index (χ2v) is 7.51. The lowest BCUT2D eigenvalue weighted by Gasteiger charge is -2.13. The van der Waals surface area contributed by atoms with E-state index in [2.05, 4.69) is 10.1 Å². The maximum Gasteiger partial charge on any atom is 0.435 e. The third kappa shape index (κ3) is 3.86. The molecule has 2 N–H and O–H groups in total. The Morgan fingerprint density at radius 2 is 2.00 bits per heavy atom. The van der Waals surface area contributed by atoms with Crippen LogP contribution in [0.2, 0.25) is 5.02 Å². The zero-order chi connectivity index (χ0) is 20.0. The van der Waals surface area contributed by atoms with Gasteiger partial charge in [-0.25, -0.2) is 17.2 Å². The Morgan fingerprint density at radius 3 is 2.63 bits per heavy atom. The molecule has 0 aliphatic rings. The fourth-order valence-electron chi connectivity index (χ4n) is 2.52. The number of aromatic nitrogens is 3. The van der Waals surface area contributed by atoms with E-state index >= 15 is 0 Å². The second-order valence-electron chi connectivity index (χ2n) is 5.43. The van der Waals surface area contributed by atoms with Crippen LogP contribution in [-0.4, -0.2) is 29.6 Å². The molecule has 3 aromatic rings. The van der Waals surface area contributed by atoms with Crippen LogP contribution in [0.4, 0.5) is 27.6 Å². The standard InChI is InChI=1S/C14H10ClF5N4O2S/c15-7-1-2-8-9(3-7)21-5-11(8)27(25,26)23-10-4-22-24(6-12(16)17)13(10)14(18,19)20/h1-5,12,21,23H,6H2. The van der Waals surface area contributed by atoms with E-state index in [4.69, 9.17) is 11.6 Å². The molecule has 0 spiro atoms. The fourth-order valence-corrected chi connectivity index (χ4v) is 3.92. The molecule has 3 rings (SSSR count). The van der Waals surface area contributed by atoms with Crippen LogP contribution in [0.25, 0.3) is 10.9 Å². The minimum atomic E-state index is -5.10. The predicted octanol–water partition coefficient (Wildman–Crippen LogP) is 4.10. The van der Waals surface area contributed by atoms with Crippen molar-refractivity contribution in [3.05, 3.63) is 41.3 Å². The molecule has 0 aliphatic carbocycles. The van der Waals surface area contributed by atoms with Crippen LogP contribution in [-0.2, 0) is 22.7 Å². The summed E-state index contributed by atoms with van der Waals surface area (Å²) in [5.74, 6) is 0. The zero-order valence-electron chi connectivity index (χ0n) is 13.1. The number of anilines is 1. The first-order valence-electron chi connectivity index (χ1n) is 7.19. The molecule has 146 valence electrons. The van der Waals surface area contributed by atoms with Crippen molar-refractivity contribution in [1.82, 2.24) is 14.8 Å². The molecule has 0 fully saturated rings. The minimum Gasteiger partial charge on any atom is -0.360 e. The van der Waals surface area contributed by atoms with Gasteiger partial charge in [0.1, 0.15) is 11.4 Å². The number of hydrogen-bond acceptors (Lipinski definition) is 3. The van der Waals surface area contributed by atoms with Crippen LogP contribution in [0.1, 0.15) is 5.69 Å². The molecule has 0 atom stereocenters. The van der Waals surface area contributed by atoms with E-state index < -0.39 is 40.6 Å². The number of aromatic amines is 1. The van der Waals surface area contributed by atoms with E-state index in [0.29, 0.717) is 16.7 Å². The van der Waals surface area contributed by atoms with Gasteiger partial charge in [-0.1, -0.05) is 11.6 Å². The molecular weight excluding hydrogens is 419 g/mol. The highest BCUT2D eigenvalue weighted by atomic mass is 35.5. The number of nitrogens with zero attached hydrogens (tertiary/aromatic N) is 2. The molecule has 0 saturated heterocycles. The highest BCUT2D eigenvalue weighted by Crippen LogP contribution is 2.36. The van der Waals surface area contributed by atoms with Crippen LogP contribution < -0.4 is 4.72 Å². The van der Waals surface area contributed by atoms with Gasteiger partial charge in [0.15, 0.2) is 5.69 Å². The van der Waals surface area contributed by atoms with E-state index in [9.17, 15) is 30.4 Å². The smallest absolute Gasteiger partial charge is 0.360 e. The van der Waals surface area contributed by atoms with Gasteiger partial charge in [0.25, 0.3) is 16.4 Å². The van der Waals surface area contributed by atoms with Crippen LogP contribution in [0.3, 0.4) is 0 Å². The van der Waals surface area contributed by atoms with Crippen LogP contribution in [0.15, 0.2) is 35.5 Å².